The first-order chi connectivity index (χ1) is 15.7. The quantitative estimate of drug-likeness (QED) is 0.580. The number of nitrogens with zero attached hydrogens (tertiary/aromatic N) is 3. The highest BCUT2D eigenvalue weighted by molar-refractivity contribution is 5.95. The van der Waals surface area contributed by atoms with Crippen LogP contribution in [0, 0.1) is 38.3 Å². The van der Waals surface area contributed by atoms with E-state index < -0.39 is 23.0 Å². The van der Waals surface area contributed by atoms with Crippen molar-refractivity contribution in [3.05, 3.63) is 70.9 Å². The van der Waals surface area contributed by atoms with Gasteiger partial charge in [-0.25, -0.2) is 23.7 Å². The molecule has 33 heavy (non-hydrogen) atoms. The minimum absolute atomic E-state index is 0.112. The zero-order valence-electron chi connectivity index (χ0n) is 18.8. The molecule has 1 saturated carbocycles. The van der Waals surface area contributed by atoms with Crippen molar-refractivity contribution in [1.82, 2.24) is 15.0 Å². The number of aromatic nitrogens is 3. The number of aryl methyl sites for hydroxylation is 3. The molecule has 7 nitrogen and oxygen atoms in total. The SMILES string of the molecule is COc1cc(F)cc([C@]2(COc3cnc(C)nc3C)C[C@H]2C(=O)Nc2cc(C)c(F)cn2)c1. The van der Waals surface area contributed by atoms with Crippen LogP contribution in [0.5, 0.6) is 11.5 Å². The van der Waals surface area contributed by atoms with Gasteiger partial charge in [0.05, 0.1) is 37.7 Å². The molecule has 1 amide bonds. The van der Waals surface area contributed by atoms with Gasteiger partial charge in [0.1, 0.15) is 29.0 Å². The third-order valence-corrected chi connectivity index (χ3v) is 5.91. The maximum Gasteiger partial charge on any atom is 0.229 e. The largest absolute Gasteiger partial charge is 0.497 e. The third-order valence-electron chi connectivity index (χ3n) is 5.91. The number of carbonyl (C=O) groups excluding carboxylic acids is 1. The Labute approximate surface area is 190 Å². The summed E-state index contributed by atoms with van der Waals surface area (Å²) in [4.78, 5) is 25.5. The Hall–Kier alpha value is -3.62. The molecule has 0 aliphatic heterocycles. The van der Waals surface area contributed by atoms with Crippen molar-refractivity contribution in [2.24, 2.45) is 5.92 Å². The predicted octanol–water partition coefficient (Wildman–Crippen LogP) is 4.06. The van der Waals surface area contributed by atoms with Crippen LogP contribution < -0.4 is 14.8 Å². The predicted molar refractivity (Wildman–Crippen MR) is 117 cm³/mol. The number of pyridine rings is 1. The van der Waals surface area contributed by atoms with E-state index in [1.807, 2.05) is 6.92 Å². The van der Waals surface area contributed by atoms with E-state index in [2.05, 4.69) is 20.3 Å². The lowest BCUT2D eigenvalue weighted by molar-refractivity contribution is -0.117. The molecule has 1 aliphatic rings. The molecule has 1 fully saturated rings. The van der Waals surface area contributed by atoms with Crippen LogP contribution in [-0.4, -0.2) is 34.6 Å². The van der Waals surface area contributed by atoms with E-state index in [4.69, 9.17) is 9.47 Å². The fraction of sp³-hybridized carbons (Fsp3) is 0.333. The summed E-state index contributed by atoms with van der Waals surface area (Å²) in [7, 11) is 1.45. The van der Waals surface area contributed by atoms with Gasteiger partial charge in [-0.15, -0.1) is 0 Å². The third kappa shape index (κ3) is 4.62. The second-order valence-corrected chi connectivity index (χ2v) is 8.26. The van der Waals surface area contributed by atoms with Gasteiger partial charge in [-0.1, -0.05) is 0 Å². The van der Waals surface area contributed by atoms with E-state index in [0.717, 1.165) is 6.20 Å². The van der Waals surface area contributed by atoms with Crippen molar-refractivity contribution in [2.45, 2.75) is 32.6 Å². The van der Waals surface area contributed by atoms with Gasteiger partial charge in [-0.2, -0.15) is 0 Å². The van der Waals surface area contributed by atoms with Crippen molar-refractivity contribution in [3.8, 4) is 11.5 Å². The molecule has 1 aliphatic carbocycles. The van der Waals surface area contributed by atoms with E-state index in [0.29, 0.717) is 40.6 Å². The number of nitrogens with one attached hydrogen (secondary N) is 1. The molecule has 4 rings (SSSR count). The van der Waals surface area contributed by atoms with Crippen molar-refractivity contribution < 1.29 is 23.0 Å². The number of halogens is 2. The summed E-state index contributed by atoms with van der Waals surface area (Å²) >= 11 is 0. The summed E-state index contributed by atoms with van der Waals surface area (Å²) in [5, 5.41) is 2.73. The molecule has 0 bridgehead atoms. The normalized spacial score (nSPS) is 19.2. The first-order valence-corrected chi connectivity index (χ1v) is 10.4. The number of hydrogen-bond acceptors (Lipinski definition) is 6. The van der Waals surface area contributed by atoms with Crippen LogP contribution >= 0.6 is 0 Å². The van der Waals surface area contributed by atoms with Crippen molar-refractivity contribution >= 4 is 11.7 Å². The van der Waals surface area contributed by atoms with E-state index in [1.165, 1.54) is 25.3 Å². The zero-order valence-corrected chi connectivity index (χ0v) is 18.8. The fourth-order valence-electron chi connectivity index (χ4n) is 3.92. The number of hydrogen-bond donors (Lipinski definition) is 1. The number of rotatable bonds is 7. The van der Waals surface area contributed by atoms with Gasteiger partial charge in [-0.3, -0.25) is 4.79 Å². The topological polar surface area (TPSA) is 86.2 Å². The van der Waals surface area contributed by atoms with Crippen molar-refractivity contribution in [1.29, 1.82) is 0 Å². The number of ether oxygens (including phenoxy) is 2. The molecule has 9 heteroatoms. The van der Waals surface area contributed by atoms with Gasteiger partial charge in [0.2, 0.25) is 5.91 Å². The second-order valence-electron chi connectivity index (χ2n) is 8.26. The number of amides is 1. The van der Waals surface area contributed by atoms with E-state index >= 15 is 0 Å². The van der Waals surface area contributed by atoms with Crippen molar-refractivity contribution in [2.75, 3.05) is 19.0 Å². The van der Waals surface area contributed by atoms with Crippen LogP contribution in [0.1, 0.15) is 29.1 Å². The lowest BCUT2D eigenvalue weighted by Gasteiger charge is -2.20. The minimum Gasteiger partial charge on any atom is -0.497 e. The Morgan fingerprint density at radius 1 is 1.15 bits per heavy atom. The summed E-state index contributed by atoms with van der Waals surface area (Å²) in [6, 6.07) is 5.83. The fourth-order valence-corrected chi connectivity index (χ4v) is 3.92. The number of carbonyl (C=O) groups is 1. The zero-order chi connectivity index (χ0) is 23.8. The minimum atomic E-state index is -0.786. The Morgan fingerprint density at radius 2 is 1.94 bits per heavy atom. The van der Waals surface area contributed by atoms with Gasteiger partial charge in [-0.05, 0) is 56.5 Å². The molecule has 2 aromatic heterocycles. The molecule has 2 atom stereocenters. The maximum absolute atomic E-state index is 14.3. The standard InChI is InChI=1S/C24H24F2N4O3/c1-13-5-22(28-10-20(13)26)30-23(31)19-9-24(19,16-6-17(25)8-18(7-16)32-4)12-33-21-11-27-15(3)29-14(21)2/h5-8,10-11,19H,9,12H2,1-4H3,(H,28,30,31)/t19-,24+/m0/s1. The monoisotopic (exact) mass is 454 g/mol. The Kier molecular flexibility index (Phi) is 5.97. The molecular formula is C24H24F2N4O3. The van der Waals surface area contributed by atoms with Crippen LogP contribution in [-0.2, 0) is 10.2 Å². The lowest BCUT2D eigenvalue weighted by atomic mass is 9.93. The van der Waals surface area contributed by atoms with Gasteiger partial charge in [0, 0.05) is 11.5 Å². The molecule has 1 N–H and O–H groups in total. The number of benzene rings is 1. The lowest BCUT2D eigenvalue weighted by Crippen LogP contribution is -2.27. The van der Waals surface area contributed by atoms with Crippen LogP contribution in [0.15, 0.2) is 36.7 Å². The summed E-state index contributed by atoms with van der Waals surface area (Å²) in [5.41, 5.74) is 0.845. The second kappa shape index (κ2) is 8.73. The van der Waals surface area contributed by atoms with Gasteiger partial charge < -0.3 is 14.8 Å². The average molecular weight is 454 g/mol. The Balaban J connectivity index is 1.62. The molecule has 0 unspecified atom stereocenters. The van der Waals surface area contributed by atoms with E-state index in [1.54, 1.807) is 26.1 Å². The van der Waals surface area contributed by atoms with Gasteiger partial charge >= 0.3 is 0 Å². The first kappa shape index (κ1) is 22.6. The maximum atomic E-state index is 14.3. The summed E-state index contributed by atoms with van der Waals surface area (Å²) in [6.07, 6.45) is 3.07. The molecular weight excluding hydrogens is 430 g/mol. The number of methoxy groups -OCH3 is 1. The summed E-state index contributed by atoms with van der Waals surface area (Å²) in [6.45, 7) is 5.29. The van der Waals surface area contributed by atoms with E-state index in [-0.39, 0.29) is 18.3 Å². The molecule has 2 heterocycles. The van der Waals surface area contributed by atoms with Crippen LogP contribution in [0.3, 0.4) is 0 Å². The first-order valence-electron chi connectivity index (χ1n) is 10.4. The summed E-state index contributed by atoms with van der Waals surface area (Å²) in [5.74, 6) is -0.0352. The molecule has 0 radical (unpaired) electrons. The highest BCUT2D eigenvalue weighted by Crippen LogP contribution is 2.55. The molecule has 172 valence electrons. The number of anilines is 1. The highest BCUT2D eigenvalue weighted by Gasteiger charge is 2.60. The van der Waals surface area contributed by atoms with Crippen LogP contribution in [0.25, 0.3) is 0 Å². The van der Waals surface area contributed by atoms with Crippen LogP contribution in [0.2, 0.25) is 0 Å². The summed E-state index contributed by atoms with van der Waals surface area (Å²) < 4.78 is 39.1. The molecule has 1 aromatic carbocycles. The Morgan fingerprint density at radius 3 is 2.64 bits per heavy atom. The van der Waals surface area contributed by atoms with Gasteiger partial charge in [0.15, 0.2) is 5.75 Å². The Bertz CT molecular complexity index is 1220. The van der Waals surface area contributed by atoms with E-state index in [9.17, 15) is 13.6 Å². The average Bonchev–Trinajstić information content (AvgIpc) is 3.51. The van der Waals surface area contributed by atoms with Crippen molar-refractivity contribution in [3.63, 3.8) is 0 Å². The van der Waals surface area contributed by atoms with Gasteiger partial charge in [0.25, 0.3) is 0 Å². The highest BCUT2D eigenvalue weighted by atomic mass is 19.1. The molecule has 0 saturated heterocycles. The van der Waals surface area contributed by atoms with Crippen LogP contribution in [0.4, 0.5) is 14.6 Å². The molecule has 3 aromatic rings. The smallest absolute Gasteiger partial charge is 0.229 e. The molecule has 0 spiro atoms.